The summed E-state index contributed by atoms with van der Waals surface area (Å²) < 4.78 is 5.60. The Labute approximate surface area is 102 Å². The molecular formula is C12H9N3OS. The van der Waals surface area contributed by atoms with Gasteiger partial charge in [0.05, 0.1) is 4.88 Å². The second-order valence-electron chi connectivity index (χ2n) is 3.51. The van der Waals surface area contributed by atoms with Crippen molar-refractivity contribution in [3.8, 4) is 22.2 Å². The molecule has 5 heteroatoms. The van der Waals surface area contributed by atoms with Gasteiger partial charge in [-0.25, -0.2) is 0 Å². The number of hydrogen-bond donors (Lipinski definition) is 1. The number of benzene rings is 1. The van der Waals surface area contributed by atoms with Crippen LogP contribution < -0.4 is 5.73 Å². The summed E-state index contributed by atoms with van der Waals surface area (Å²) in [6.45, 7) is 0. The zero-order chi connectivity index (χ0) is 11.7. The second-order valence-corrected chi connectivity index (χ2v) is 4.46. The molecule has 1 aromatic carbocycles. The average molecular weight is 243 g/mol. The van der Waals surface area contributed by atoms with Crippen LogP contribution in [0.5, 0.6) is 0 Å². The van der Waals surface area contributed by atoms with E-state index in [0.717, 1.165) is 10.4 Å². The predicted octanol–water partition coefficient (Wildman–Crippen LogP) is 3.05. The molecule has 2 aromatic heterocycles. The van der Waals surface area contributed by atoms with E-state index in [-0.39, 0.29) is 0 Å². The van der Waals surface area contributed by atoms with Crippen molar-refractivity contribution < 1.29 is 4.42 Å². The fourth-order valence-electron chi connectivity index (χ4n) is 1.47. The van der Waals surface area contributed by atoms with Gasteiger partial charge in [-0.3, -0.25) is 0 Å². The Morgan fingerprint density at radius 1 is 1.00 bits per heavy atom. The van der Waals surface area contributed by atoms with Crippen LogP contribution in [-0.4, -0.2) is 10.2 Å². The minimum absolute atomic E-state index is 0.508. The van der Waals surface area contributed by atoms with Crippen LogP contribution in [0.3, 0.4) is 0 Å². The quantitative estimate of drug-likeness (QED) is 0.702. The molecule has 2 N–H and O–H groups in total. The maximum atomic E-state index is 5.62. The van der Waals surface area contributed by atoms with E-state index in [9.17, 15) is 0 Å². The van der Waals surface area contributed by atoms with Crippen LogP contribution in [0, 0.1) is 0 Å². The summed E-state index contributed by atoms with van der Waals surface area (Å²) in [5.41, 5.74) is 7.21. The largest absolute Gasteiger partial charge is 0.415 e. The standard InChI is InChI=1S/C12H9N3OS/c13-9-5-3-8(4-6-9)11-14-15-12(16-11)10-2-1-7-17-10/h1-7H,13H2. The van der Waals surface area contributed by atoms with E-state index in [1.165, 1.54) is 0 Å². The van der Waals surface area contributed by atoms with Crippen LogP contribution in [-0.2, 0) is 0 Å². The highest BCUT2D eigenvalue weighted by Gasteiger charge is 2.10. The van der Waals surface area contributed by atoms with Crippen molar-refractivity contribution >= 4 is 17.0 Å². The lowest BCUT2D eigenvalue weighted by atomic mass is 10.2. The van der Waals surface area contributed by atoms with Gasteiger partial charge in [-0.1, -0.05) is 6.07 Å². The predicted molar refractivity (Wildman–Crippen MR) is 67.5 cm³/mol. The third-order valence-electron chi connectivity index (χ3n) is 2.31. The zero-order valence-electron chi connectivity index (χ0n) is 8.83. The molecule has 0 fully saturated rings. The van der Waals surface area contributed by atoms with Crippen LogP contribution in [0.4, 0.5) is 5.69 Å². The van der Waals surface area contributed by atoms with E-state index in [2.05, 4.69) is 10.2 Å². The molecule has 3 rings (SSSR count). The fourth-order valence-corrected chi connectivity index (χ4v) is 2.11. The maximum absolute atomic E-state index is 5.62. The molecule has 0 radical (unpaired) electrons. The number of nitrogen functional groups attached to an aromatic ring is 1. The first-order valence-electron chi connectivity index (χ1n) is 5.06. The van der Waals surface area contributed by atoms with E-state index in [1.807, 2.05) is 41.8 Å². The average Bonchev–Trinajstić information content (AvgIpc) is 3.00. The van der Waals surface area contributed by atoms with E-state index >= 15 is 0 Å². The van der Waals surface area contributed by atoms with Crippen LogP contribution in [0.15, 0.2) is 46.2 Å². The molecule has 17 heavy (non-hydrogen) atoms. The first-order chi connectivity index (χ1) is 8.33. The molecule has 0 atom stereocenters. The minimum Gasteiger partial charge on any atom is -0.415 e. The van der Waals surface area contributed by atoms with Gasteiger partial charge in [0.25, 0.3) is 5.89 Å². The Bertz CT molecular complexity index is 614. The maximum Gasteiger partial charge on any atom is 0.258 e. The summed E-state index contributed by atoms with van der Waals surface area (Å²) in [5.74, 6) is 1.06. The van der Waals surface area contributed by atoms with Crippen LogP contribution in [0.2, 0.25) is 0 Å². The minimum atomic E-state index is 0.508. The van der Waals surface area contributed by atoms with Gasteiger partial charge in [0.15, 0.2) is 0 Å². The van der Waals surface area contributed by atoms with Crippen molar-refractivity contribution in [2.45, 2.75) is 0 Å². The van der Waals surface area contributed by atoms with E-state index < -0.39 is 0 Å². The molecule has 4 nitrogen and oxygen atoms in total. The molecule has 0 amide bonds. The molecule has 0 saturated carbocycles. The monoisotopic (exact) mass is 243 g/mol. The molecule has 0 unspecified atom stereocenters. The molecule has 0 aliphatic rings. The number of nitrogens with two attached hydrogens (primary N) is 1. The lowest BCUT2D eigenvalue weighted by Crippen LogP contribution is -1.83. The number of aromatic nitrogens is 2. The van der Waals surface area contributed by atoms with Gasteiger partial charge >= 0.3 is 0 Å². The molecule has 2 heterocycles. The summed E-state index contributed by atoms with van der Waals surface area (Å²) in [6.07, 6.45) is 0. The highest BCUT2D eigenvalue weighted by molar-refractivity contribution is 7.13. The van der Waals surface area contributed by atoms with Crippen molar-refractivity contribution in [2.24, 2.45) is 0 Å². The smallest absolute Gasteiger partial charge is 0.258 e. The van der Waals surface area contributed by atoms with Gasteiger partial charge < -0.3 is 10.2 Å². The Hall–Kier alpha value is -2.14. The van der Waals surface area contributed by atoms with E-state index in [0.29, 0.717) is 17.5 Å². The van der Waals surface area contributed by atoms with E-state index in [4.69, 9.17) is 10.2 Å². The second kappa shape index (κ2) is 4.03. The summed E-state index contributed by atoms with van der Waals surface area (Å²) in [4.78, 5) is 0.971. The van der Waals surface area contributed by atoms with Crippen molar-refractivity contribution in [1.82, 2.24) is 10.2 Å². The number of nitrogens with zero attached hydrogens (tertiary/aromatic N) is 2. The van der Waals surface area contributed by atoms with E-state index in [1.54, 1.807) is 11.3 Å². The first-order valence-corrected chi connectivity index (χ1v) is 5.94. The number of thiophene rings is 1. The van der Waals surface area contributed by atoms with Gasteiger partial charge in [-0.05, 0) is 35.7 Å². The molecule has 3 aromatic rings. The summed E-state index contributed by atoms with van der Waals surface area (Å²) >= 11 is 1.57. The molecule has 84 valence electrons. The summed E-state index contributed by atoms with van der Waals surface area (Å²) in [7, 11) is 0. The van der Waals surface area contributed by atoms with Gasteiger partial charge in [0, 0.05) is 11.3 Å². The highest BCUT2D eigenvalue weighted by Crippen LogP contribution is 2.27. The van der Waals surface area contributed by atoms with Crippen molar-refractivity contribution in [2.75, 3.05) is 5.73 Å². The Kier molecular flexibility index (Phi) is 2.38. The van der Waals surface area contributed by atoms with Crippen LogP contribution in [0.25, 0.3) is 22.2 Å². The summed E-state index contributed by atoms with van der Waals surface area (Å²) in [6, 6.07) is 11.2. The Balaban J connectivity index is 1.98. The molecule has 0 spiro atoms. The van der Waals surface area contributed by atoms with Crippen LogP contribution in [0.1, 0.15) is 0 Å². The zero-order valence-corrected chi connectivity index (χ0v) is 9.65. The third-order valence-corrected chi connectivity index (χ3v) is 3.17. The molecule has 0 saturated heterocycles. The lowest BCUT2D eigenvalue weighted by Gasteiger charge is -1.94. The third kappa shape index (κ3) is 1.92. The molecule has 0 bridgehead atoms. The van der Waals surface area contributed by atoms with Gasteiger partial charge in [-0.2, -0.15) is 0 Å². The molecule has 0 aliphatic carbocycles. The topological polar surface area (TPSA) is 64.9 Å². The molecule has 0 aliphatic heterocycles. The summed E-state index contributed by atoms with van der Waals surface area (Å²) in [5, 5.41) is 10.0. The van der Waals surface area contributed by atoms with Gasteiger partial charge in [-0.15, -0.1) is 21.5 Å². The molecular weight excluding hydrogens is 234 g/mol. The fraction of sp³-hybridized carbons (Fsp3) is 0. The van der Waals surface area contributed by atoms with Crippen molar-refractivity contribution in [1.29, 1.82) is 0 Å². The lowest BCUT2D eigenvalue weighted by molar-refractivity contribution is 0.586. The van der Waals surface area contributed by atoms with Crippen LogP contribution >= 0.6 is 11.3 Å². The van der Waals surface area contributed by atoms with Gasteiger partial charge in [0.2, 0.25) is 5.89 Å². The highest BCUT2D eigenvalue weighted by atomic mass is 32.1. The van der Waals surface area contributed by atoms with Gasteiger partial charge in [0.1, 0.15) is 0 Å². The Morgan fingerprint density at radius 3 is 2.47 bits per heavy atom. The van der Waals surface area contributed by atoms with Crippen molar-refractivity contribution in [3.63, 3.8) is 0 Å². The Morgan fingerprint density at radius 2 is 1.76 bits per heavy atom. The first kappa shape index (κ1) is 10.0. The normalized spacial score (nSPS) is 10.6. The van der Waals surface area contributed by atoms with Crippen molar-refractivity contribution in [3.05, 3.63) is 41.8 Å². The number of anilines is 1. The SMILES string of the molecule is Nc1ccc(-c2nnc(-c3cccs3)o2)cc1. The number of rotatable bonds is 2. The number of hydrogen-bond acceptors (Lipinski definition) is 5.